The second-order valence-electron chi connectivity index (χ2n) is 5.96. The van der Waals surface area contributed by atoms with Gasteiger partial charge in [-0.3, -0.25) is 9.88 Å². The van der Waals surface area contributed by atoms with Crippen molar-refractivity contribution in [3.8, 4) is 6.07 Å². The number of aromatic nitrogens is 2. The highest BCUT2D eigenvalue weighted by Gasteiger charge is 2.31. The van der Waals surface area contributed by atoms with E-state index in [1.807, 2.05) is 12.3 Å². The molecule has 0 aliphatic carbocycles. The molecule has 0 amide bonds. The smallest absolute Gasteiger partial charge is 0.228 e. The number of anilines is 1. The minimum absolute atomic E-state index is 0.291. The van der Waals surface area contributed by atoms with Gasteiger partial charge in [-0.2, -0.15) is 5.26 Å². The first kappa shape index (κ1) is 15.3. The molecule has 1 aliphatic rings. The summed E-state index contributed by atoms with van der Waals surface area (Å²) < 4.78 is 0. The fourth-order valence-electron chi connectivity index (χ4n) is 3.35. The molecule has 0 saturated carbocycles. The Bertz CT molecular complexity index is 765. The molecule has 118 valence electrons. The minimum atomic E-state index is 0.291. The molecule has 0 bridgehead atoms. The maximum Gasteiger partial charge on any atom is 0.228 e. The monoisotopic (exact) mass is 308 g/mol. The van der Waals surface area contributed by atoms with Gasteiger partial charge in [0.2, 0.25) is 5.69 Å². The van der Waals surface area contributed by atoms with E-state index in [9.17, 15) is 0 Å². The molecular formula is C17H20N6. The van der Waals surface area contributed by atoms with Gasteiger partial charge in [-0.1, -0.05) is 13.3 Å². The zero-order valence-corrected chi connectivity index (χ0v) is 13.2. The number of nitrogens with zero attached hydrogens (tertiary/aromatic N) is 4. The molecule has 0 radical (unpaired) electrons. The van der Waals surface area contributed by atoms with Crippen LogP contribution in [-0.2, 0) is 0 Å². The lowest BCUT2D eigenvalue weighted by molar-refractivity contribution is 0.330. The largest absolute Gasteiger partial charge is 0.389 e. The van der Waals surface area contributed by atoms with Crippen molar-refractivity contribution in [1.29, 1.82) is 5.26 Å². The zero-order chi connectivity index (χ0) is 16.2. The van der Waals surface area contributed by atoms with Crippen molar-refractivity contribution in [1.82, 2.24) is 14.9 Å². The molecule has 23 heavy (non-hydrogen) atoms. The average molecular weight is 308 g/mol. The molecule has 1 fully saturated rings. The number of hydrogen-bond acceptors (Lipinski definition) is 4. The van der Waals surface area contributed by atoms with E-state index in [0.717, 1.165) is 42.8 Å². The van der Waals surface area contributed by atoms with E-state index < -0.39 is 0 Å². The van der Waals surface area contributed by atoms with E-state index in [-0.39, 0.29) is 0 Å². The summed E-state index contributed by atoms with van der Waals surface area (Å²) in [6.07, 6.45) is 5.11. The number of nitriles is 1. The SMILES string of the molecule is [C-]#[N+]c1cnc2[nH]ccc2c1N[C@H]1CN(CCC#N)C[C@H]1CC. The second kappa shape index (κ2) is 6.68. The van der Waals surface area contributed by atoms with E-state index in [4.69, 9.17) is 11.8 Å². The van der Waals surface area contributed by atoms with Crippen LogP contribution in [0, 0.1) is 23.8 Å². The lowest BCUT2D eigenvalue weighted by Gasteiger charge is -2.21. The van der Waals surface area contributed by atoms with Crippen LogP contribution in [0.1, 0.15) is 19.8 Å². The molecule has 2 N–H and O–H groups in total. The third kappa shape index (κ3) is 2.99. The molecule has 3 rings (SSSR count). The van der Waals surface area contributed by atoms with Gasteiger partial charge in [0.15, 0.2) is 0 Å². The van der Waals surface area contributed by atoms with E-state index in [2.05, 4.69) is 38.0 Å². The van der Waals surface area contributed by atoms with Crippen molar-refractivity contribution in [3.63, 3.8) is 0 Å². The minimum Gasteiger partial charge on any atom is -0.389 e. The molecular weight excluding hydrogens is 288 g/mol. The van der Waals surface area contributed by atoms with Crippen LogP contribution < -0.4 is 5.32 Å². The fourth-order valence-corrected chi connectivity index (χ4v) is 3.35. The molecule has 3 heterocycles. The number of H-pyrrole nitrogens is 1. The highest BCUT2D eigenvalue weighted by Crippen LogP contribution is 2.34. The van der Waals surface area contributed by atoms with Gasteiger partial charge in [-0.15, -0.1) is 0 Å². The van der Waals surface area contributed by atoms with Gasteiger partial charge in [0, 0.05) is 49.9 Å². The van der Waals surface area contributed by atoms with Crippen LogP contribution in [0.5, 0.6) is 0 Å². The molecule has 1 saturated heterocycles. The Morgan fingerprint density at radius 1 is 1.57 bits per heavy atom. The topological polar surface area (TPSA) is 72.1 Å². The Balaban J connectivity index is 1.85. The normalized spacial score (nSPS) is 21.2. The van der Waals surface area contributed by atoms with Gasteiger partial charge in [0.05, 0.1) is 18.3 Å². The van der Waals surface area contributed by atoms with Crippen molar-refractivity contribution in [2.45, 2.75) is 25.8 Å². The maximum atomic E-state index is 8.78. The molecule has 2 aromatic heterocycles. The number of nitrogens with one attached hydrogen (secondary N) is 2. The molecule has 0 unspecified atom stereocenters. The predicted molar refractivity (Wildman–Crippen MR) is 90.2 cm³/mol. The molecule has 0 aromatic carbocycles. The summed E-state index contributed by atoms with van der Waals surface area (Å²) in [6.45, 7) is 12.3. The van der Waals surface area contributed by atoms with Crippen LogP contribution in [0.15, 0.2) is 18.5 Å². The standard InChI is InChI=1S/C17H20N6/c1-3-12-10-23(8-4-6-18)11-15(12)22-16-13-5-7-20-17(13)21-9-14(16)19-2/h5,7,9,12,15H,3-4,8,10-11H2,1H3,(H2,20,21,22)/t12-,15+/m1/s1. The molecule has 2 aromatic rings. The summed E-state index contributed by atoms with van der Waals surface area (Å²) in [5.74, 6) is 0.523. The summed E-state index contributed by atoms with van der Waals surface area (Å²) in [4.78, 5) is 13.3. The molecule has 1 aliphatic heterocycles. The summed E-state index contributed by atoms with van der Waals surface area (Å²) in [6, 6.07) is 4.47. The van der Waals surface area contributed by atoms with Crippen molar-refractivity contribution in [2.24, 2.45) is 5.92 Å². The first-order valence-electron chi connectivity index (χ1n) is 7.96. The van der Waals surface area contributed by atoms with Crippen molar-refractivity contribution in [3.05, 3.63) is 29.9 Å². The highest BCUT2D eigenvalue weighted by molar-refractivity contribution is 5.96. The Labute approximate surface area is 135 Å². The van der Waals surface area contributed by atoms with Crippen LogP contribution in [-0.4, -0.2) is 40.5 Å². The van der Waals surface area contributed by atoms with E-state index in [1.54, 1.807) is 6.20 Å². The number of aromatic amines is 1. The second-order valence-corrected chi connectivity index (χ2v) is 5.96. The zero-order valence-electron chi connectivity index (χ0n) is 13.2. The van der Waals surface area contributed by atoms with E-state index in [1.165, 1.54) is 0 Å². The number of rotatable bonds is 5. The van der Waals surface area contributed by atoms with Gasteiger partial charge < -0.3 is 10.3 Å². The first-order valence-corrected chi connectivity index (χ1v) is 7.96. The summed E-state index contributed by atoms with van der Waals surface area (Å²) in [5.41, 5.74) is 2.23. The Hall–Kier alpha value is -2.57. The van der Waals surface area contributed by atoms with Crippen molar-refractivity contribution >= 4 is 22.4 Å². The quantitative estimate of drug-likeness (QED) is 0.832. The molecule has 2 atom stereocenters. The maximum absolute atomic E-state index is 8.78. The van der Waals surface area contributed by atoms with Crippen LogP contribution >= 0.6 is 0 Å². The van der Waals surface area contributed by atoms with Gasteiger partial charge in [-0.25, -0.2) is 4.85 Å². The third-order valence-electron chi connectivity index (χ3n) is 4.60. The number of likely N-dealkylation sites (tertiary alicyclic amines) is 1. The number of pyridine rings is 1. The van der Waals surface area contributed by atoms with Gasteiger partial charge in [-0.05, 0) is 12.0 Å². The number of hydrogen-bond donors (Lipinski definition) is 2. The molecule has 6 nitrogen and oxygen atoms in total. The summed E-state index contributed by atoms with van der Waals surface area (Å²) >= 11 is 0. The predicted octanol–water partition coefficient (Wildman–Crippen LogP) is 3.15. The third-order valence-corrected chi connectivity index (χ3v) is 4.60. The highest BCUT2D eigenvalue weighted by atomic mass is 15.2. The van der Waals surface area contributed by atoms with Crippen molar-refractivity contribution in [2.75, 3.05) is 25.0 Å². The summed E-state index contributed by atoms with van der Waals surface area (Å²) in [5, 5.41) is 13.3. The van der Waals surface area contributed by atoms with Gasteiger partial charge in [0.1, 0.15) is 5.65 Å². The van der Waals surface area contributed by atoms with Crippen LogP contribution in [0.4, 0.5) is 11.4 Å². The van der Waals surface area contributed by atoms with E-state index in [0.29, 0.717) is 24.1 Å². The molecule has 6 heteroatoms. The van der Waals surface area contributed by atoms with Crippen LogP contribution in [0.2, 0.25) is 0 Å². The summed E-state index contributed by atoms with van der Waals surface area (Å²) in [7, 11) is 0. The Morgan fingerprint density at radius 2 is 2.43 bits per heavy atom. The van der Waals surface area contributed by atoms with Crippen molar-refractivity contribution < 1.29 is 0 Å². The lowest BCUT2D eigenvalue weighted by atomic mass is 10.0. The average Bonchev–Trinajstić information content (AvgIpc) is 3.19. The lowest BCUT2D eigenvalue weighted by Crippen LogP contribution is -2.29. The van der Waals surface area contributed by atoms with Gasteiger partial charge in [0.25, 0.3) is 0 Å². The Morgan fingerprint density at radius 3 is 3.17 bits per heavy atom. The van der Waals surface area contributed by atoms with Gasteiger partial charge >= 0.3 is 0 Å². The Kier molecular flexibility index (Phi) is 4.45. The van der Waals surface area contributed by atoms with Crippen LogP contribution in [0.3, 0.4) is 0 Å². The van der Waals surface area contributed by atoms with Crippen LogP contribution in [0.25, 0.3) is 15.9 Å². The first-order chi connectivity index (χ1) is 11.3. The fraction of sp³-hybridized carbons (Fsp3) is 0.471. The number of fused-ring (bicyclic) bond motifs is 1. The molecule has 0 spiro atoms. The van der Waals surface area contributed by atoms with E-state index >= 15 is 0 Å².